The molecule has 4 rings (SSSR count). The van der Waals surface area contributed by atoms with E-state index in [1.165, 1.54) is 19.3 Å². The molecule has 1 N–H and O–H groups in total. The molecule has 1 aliphatic heterocycles. The summed E-state index contributed by atoms with van der Waals surface area (Å²) in [5.74, 6) is 0.733. The van der Waals surface area contributed by atoms with Crippen LogP contribution in [0.1, 0.15) is 54.4 Å². The van der Waals surface area contributed by atoms with Gasteiger partial charge in [0.05, 0.1) is 6.61 Å². The summed E-state index contributed by atoms with van der Waals surface area (Å²) in [5, 5.41) is 12.7. The van der Waals surface area contributed by atoms with E-state index in [-0.39, 0.29) is 5.92 Å². The monoisotopic (exact) mass is 429 g/mol. The first-order chi connectivity index (χ1) is 15.6. The van der Waals surface area contributed by atoms with Gasteiger partial charge in [0.2, 0.25) is 0 Å². The van der Waals surface area contributed by atoms with E-state index < -0.39 is 5.60 Å². The maximum absolute atomic E-state index is 12.7. The fourth-order valence-corrected chi connectivity index (χ4v) is 4.99. The summed E-state index contributed by atoms with van der Waals surface area (Å²) in [6.45, 7) is 7.71. The fraction of sp³-hybridized carbons (Fsp3) is 0.379. The molecule has 0 bridgehead atoms. The van der Waals surface area contributed by atoms with E-state index >= 15 is 0 Å². The molecule has 0 amide bonds. The van der Waals surface area contributed by atoms with Crippen LogP contribution in [-0.4, -0.2) is 36.2 Å². The van der Waals surface area contributed by atoms with Crippen molar-refractivity contribution in [1.29, 1.82) is 0 Å². The molecular weight excluding hydrogens is 394 g/mol. The Balaban J connectivity index is 1.84. The van der Waals surface area contributed by atoms with Crippen molar-refractivity contribution in [3.05, 3.63) is 101 Å². The Kier molecular flexibility index (Phi) is 7.29. The number of benzene rings is 3. The summed E-state index contributed by atoms with van der Waals surface area (Å²) in [5.41, 5.74) is 2.99. The molecule has 0 unspecified atom stereocenters. The second-order valence-corrected chi connectivity index (χ2v) is 8.92. The van der Waals surface area contributed by atoms with Gasteiger partial charge in [-0.3, -0.25) is 0 Å². The van der Waals surface area contributed by atoms with Crippen molar-refractivity contribution in [1.82, 2.24) is 4.90 Å². The topological polar surface area (TPSA) is 32.7 Å². The standard InChI is InChI=1S/C29H35NO2/c1-3-32-27-17-15-25(16-18-27)29(31,26-14-10-11-23(2)21-26)28(24-12-6-4-7-13-24)22-30-19-8-5-9-20-30/h4,6-7,10-18,21,28,31H,3,5,8-9,19-20,22H2,1-2H3/t28-,29-/m1/s1. The molecule has 0 radical (unpaired) electrons. The van der Waals surface area contributed by atoms with Gasteiger partial charge in [0.1, 0.15) is 11.4 Å². The van der Waals surface area contributed by atoms with Crippen LogP contribution in [0.3, 0.4) is 0 Å². The van der Waals surface area contributed by atoms with Gasteiger partial charge in [-0.15, -0.1) is 0 Å². The van der Waals surface area contributed by atoms with Crippen LogP contribution in [0, 0.1) is 6.92 Å². The van der Waals surface area contributed by atoms with Gasteiger partial charge in [0.25, 0.3) is 0 Å². The second kappa shape index (κ2) is 10.3. The minimum Gasteiger partial charge on any atom is -0.494 e. The van der Waals surface area contributed by atoms with Gasteiger partial charge in [-0.05, 0) is 68.6 Å². The predicted octanol–water partition coefficient (Wildman–Crippen LogP) is 5.90. The number of nitrogens with zero attached hydrogens (tertiary/aromatic N) is 1. The van der Waals surface area contributed by atoms with Crippen LogP contribution in [0.2, 0.25) is 0 Å². The molecule has 1 aliphatic rings. The SMILES string of the molecule is CCOc1ccc([C@@](O)(c2cccc(C)c2)[C@H](CN2CCCCC2)c2ccccc2)cc1. The average molecular weight is 430 g/mol. The molecule has 3 aromatic carbocycles. The third-order valence-electron chi connectivity index (χ3n) is 6.66. The molecule has 0 aromatic heterocycles. The summed E-state index contributed by atoms with van der Waals surface area (Å²) in [6, 6.07) is 26.8. The van der Waals surface area contributed by atoms with Gasteiger partial charge in [-0.1, -0.05) is 78.7 Å². The van der Waals surface area contributed by atoms with Gasteiger partial charge in [0.15, 0.2) is 0 Å². The lowest BCUT2D eigenvalue weighted by molar-refractivity contribution is 0.0309. The van der Waals surface area contributed by atoms with Crippen LogP contribution < -0.4 is 4.74 Å². The quantitative estimate of drug-likeness (QED) is 0.484. The van der Waals surface area contributed by atoms with Gasteiger partial charge in [0, 0.05) is 12.5 Å². The molecule has 0 aliphatic carbocycles. The second-order valence-electron chi connectivity index (χ2n) is 8.92. The lowest BCUT2D eigenvalue weighted by Crippen LogP contribution is -2.43. The molecular formula is C29H35NO2. The lowest BCUT2D eigenvalue weighted by Gasteiger charge is -2.41. The van der Waals surface area contributed by atoms with Crippen LogP contribution in [0.25, 0.3) is 0 Å². The van der Waals surface area contributed by atoms with Gasteiger partial charge < -0.3 is 14.7 Å². The van der Waals surface area contributed by atoms with Gasteiger partial charge in [-0.2, -0.15) is 0 Å². The van der Waals surface area contributed by atoms with Gasteiger partial charge >= 0.3 is 0 Å². The fourth-order valence-electron chi connectivity index (χ4n) is 4.99. The Bertz CT molecular complexity index is 980. The van der Waals surface area contributed by atoms with Crippen molar-refractivity contribution in [3.8, 4) is 5.75 Å². The normalized spacial score (nSPS) is 17.5. The number of hydrogen-bond acceptors (Lipinski definition) is 3. The zero-order valence-corrected chi connectivity index (χ0v) is 19.3. The minimum absolute atomic E-state index is 0.0958. The first kappa shape index (κ1) is 22.6. The number of rotatable bonds is 8. The minimum atomic E-state index is -1.16. The number of ether oxygens (including phenoxy) is 1. The van der Waals surface area contributed by atoms with E-state index in [0.29, 0.717) is 6.61 Å². The molecule has 32 heavy (non-hydrogen) atoms. The first-order valence-corrected chi connectivity index (χ1v) is 11.9. The highest BCUT2D eigenvalue weighted by molar-refractivity contribution is 5.44. The Morgan fingerprint density at radius 2 is 1.59 bits per heavy atom. The summed E-state index contributed by atoms with van der Waals surface area (Å²) >= 11 is 0. The first-order valence-electron chi connectivity index (χ1n) is 11.9. The third-order valence-corrected chi connectivity index (χ3v) is 6.66. The third kappa shape index (κ3) is 4.90. The smallest absolute Gasteiger partial charge is 0.123 e. The average Bonchev–Trinajstić information content (AvgIpc) is 2.84. The van der Waals surface area contributed by atoms with E-state index in [4.69, 9.17) is 4.74 Å². The summed E-state index contributed by atoms with van der Waals surface area (Å²) in [6.07, 6.45) is 3.76. The van der Waals surface area contributed by atoms with Crippen LogP contribution in [0.4, 0.5) is 0 Å². The number of likely N-dealkylation sites (tertiary alicyclic amines) is 1. The number of hydrogen-bond donors (Lipinski definition) is 1. The Morgan fingerprint density at radius 3 is 2.25 bits per heavy atom. The maximum atomic E-state index is 12.7. The van der Waals surface area contributed by atoms with E-state index in [1.54, 1.807) is 0 Å². The maximum Gasteiger partial charge on any atom is 0.123 e. The highest BCUT2D eigenvalue weighted by Gasteiger charge is 2.42. The van der Waals surface area contributed by atoms with Crippen LogP contribution in [-0.2, 0) is 5.60 Å². The van der Waals surface area contributed by atoms with Crippen LogP contribution in [0.5, 0.6) is 5.75 Å². The lowest BCUT2D eigenvalue weighted by atomic mass is 9.72. The molecule has 1 saturated heterocycles. The Hall–Kier alpha value is -2.62. The van der Waals surface area contributed by atoms with Gasteiger partial charge in [-0.25, -0.2) is 0 Å². The van der Waals surface area contributed by atoms with Crippen molar-refractivity contribution < 1.29 is 9.84 Å². The predicted molar refractivity (Wildman–Crippen MR) is 131 cm³/mol. The molecule has 168 valence electrons. The van der Waals surface area contributed by atoms with Crippen molar-refractivity contribution >= 4 is 0 Å². The number of aryl methyl sites for hydroxylation is 1. The number of piperidine rings is 1. The van der Waals surface area contributed by atoms with Crippen molar-refractivity contribution in [2.75, 3.05) is 26.2 Å². The molecule has 0 spiro atoms. The Labute approximate surface area is 192 Å². The van der Waals surface area contributed by atoms with Crippen molar-refractivity contribution in [2.45, 2.75) is 44.6 Å². The molecule has 3 heteroatoms. The summed E-state index contributed by atoms with van der Waals surface area (Å²) in [4.78, 5) is 2.52. The molecule has 3 aromatic rings. The van der Waals surface area contributed by atoms with Crippen LogP contribution >= 0.6 is 0 Å². The molecule has 3 nitrogen and oxygen atoms in total. The Morgan fingerprint density at radius 1 is 0.875 bits per heavy atom. The van der Waals surface area contributed by atoms with E-state index in [9.17, 15) is 5.11 Å². The largest absolute Gasteiger partial charge is 0.494 e. The summed E-state index contributed by atoms with van der Waals surface area (Å²) in [7, 11) is 0. The van der Waals surface area contributed by atoms with Crippen molar-refractivity contribution in [2.24, 2.45) is 0 Å². The van der Waals surface area contributed by atoms with E-state index in [2.05, 4.69) is 54.3 Å². The highest BCUT2D eigenvalue weighted by Crippen LogP contribution is 2.44. The highest BCUT2D eigenvalue weighted by atomic mass is 16.5. The molecule has 0 saturated carbocycles. The van der Waals surface area contributed by atoms with Crippen LogP contribution in [0.15, 0.2) is 78.9 Å². The van der Waals surface area contributed by atoms with Crippen molar-refractivity contribution in [3.63, 3.8) is 0 Å². The zero-order valence-electron chi connectivity index (χ0n) is 19.3. The molecule has 1 heterocycles. The number of aliphatic hydroxyl groups is 1. The van der Waals surface area contributed by atoms with E-state index in [1.807, 2.05) is 43.3 Å². The molecule has 1 fully saturated rings. The summed E-state index contributed by atoms with van der Waals surface area (Å²) < 4.78 is 5.68. The molecule has 2 atom stereocenters. The zero-order chi connectivity index (χ0) is 22.4. The van der Waals surface area contributed by atoms with E-state index in [0.717, 1.165) is 47.6 Å².